The van der Waals surface area contributed by atoms with Gasteiger partial charge in [0.15, 0.2) is 11.6 Å². The van der Waals surface area contributed by atoms with Gasteiger partial charge in [0.05, 0.1) is 0 Å². The van der Waals surface area contributed by atoms with Gasteiger partial charge in [-0.1, -0.05) is 0 Å². The monoisotopic (exact) mass is 296 g/mol. The number of benzene rings is 1. The maximum atomic E-state index is 13.2. The Labute approximate surface area is 124 Å². The van der Waals surface area contributed by atoms with Crippen LogP contribution in [0.2, 0.25) is 0 Å². The highest BCUT2D eigenvalue weighted by Gasteiger charge is 2.32. The first kappa shape index (κ1) is 15.9. The van der Waals surface area contributed by atoms with Crippen molar-refractivity contribution in [3.8, 4) is 0 Å². The first-order chi connectivity index (χ1) is 9.81. The Balaban J connectivity index is 2.00. The molecule has 1 aliphatic rings. The number of likely N-dealkylation sites (tertiary alicyclic amines) is 1. The number of hydrogen-bond donors (Lipinski definition) is 1. The van der Waals surface area contributed by atoms with Crippen LogP contribution in [-0.2, 0) is 0 Å². The molecule has 0 aliphatic carbocycles. The number of amides is 1. The van der Waals surface area contributed by atoms with Crippen molar-refractivity contribution in [2.24, 2.45) is 0 Å². The lowest BCUT2D eigenvalue weighted by atomic mass is 9.88. The van der Waals surface area contributed by atoms with E-state index in [9.17, 15) is 13.6 Å². The molecule has 0 aromatic heterocycles. The molecule has 0 atom stereocenters. The Morgan fingerprint density at radius 2 is 1.86 bits per heavy atom. The Morgan fingerprint density at radius 1 is 1.24 bits per heavy atom. The maximum Gasteiger partial charge on any atom is 0.251 e. The fourth-order valence-corrected chi connectivity index (χ4v) is 2.64. The molecule has 1 saturated heterocycles. The van der Waals surface area contributed by atoms with Gasteiger partial charge in [-0.2, -0.15) is 0 Å². The van der Waals surface area contributed by atoms with Gasteiger partial charge in [-0.15, -0.1) is 0 Å². The van der Waals surface area contributed by atoms with Crippen molar-refractivity contribution >= 4 is 5.91 Å². The smallest absolute Gasteiger partial charge is 0.251 e. The molecule has 21 heavy (non-hydrogen) atoms. The highest BCUT2D eigenvalue weighted by atomic mass is 19.2. The van der Waals surface area contributed by atoms with E-state index in [1.54, 1.807) is 0 Å². The molecule has 2 rings (SSSR count). The molecule has 1 aromatic rings. The van der Waals surface area contributed by atoms with Crippen LogP contribution < -0.4 is 5.32 Å². The predicted molar refractivity (Wildman–Crippen MR) is 78.2 cm³/mol. The summed E-state index contributed by atoms with van der Waals surface area (Å²) in [5.74, 6) is -2.29. The summed E-state index contributed by atoms with van der Waals surface area (Å²) in [7, 11) is 0. The maximum absolute atomic E-state index is 13.2. The normalized spacial score (nSPS) is 18.8. The molecule has 0 saturated carbocycles. The highest BCUT2D eigenvalue weighted by Crippen LogP contribution is 2.23. The summed E-state index contributed by atoms with van der Waals surface area (Å²) in [5.41, 5.74) is -0.144. The van der Waals surface area contributed by atoms with Crippen molar-refractivity contribution in [3.63, 3.8) is 0 Å². The molecule has 116 valence electrons. The second-order valence-electron chi connectivity index (χ2n) is 6.27. The number of rotatable bonds is 3. The topological polar surface area (TPSA) is 32.3 Å². The lowest BCUT2D eigenvalue weighted by Crippen LogP contribution is -2.54. The number of hydrogen-bond acceptors (Lipinski definition) is 2. The predicted octanol–water partition coefficient (Wildman–Crippen LogP) is 2.96. The molecule has 1 aromatic carbocycles. The zero-order valence-corrected chi connectivity index (χ0v) is 12.7. The Hall–Kier alpha value is -1.49. The summed E-state index contributed by atoms with van der Waals surface area (Å²) < 4.78 is 26.1. The van der Waals surface area contributed by atoms with E-state index in [-0.39, 0.29) is 17.0 Å². The molecule has 3 nitrogen and oxygen atoms in total. The van der Waals surface area contributed by atoms with E-state index < -0.39 is 11.6 Å². The zero-order valence-electron chi connectivity index (χ0n) is 12.7. The van der Waals surface area contributed by atoms with Crippen molar-refractivity contribution in [1.29, 1.82) is 0 Å². The van der Waals surface area contributed by atoms with E-state index in [0.717, 1.165) is 38.1 Å². The first-order valence-corrected chi connectivity index (χ1v) is 7.32. The van der Waals surface area contributed by atoms with Gasteiger partial charge < -0.3 is 10.2 Å². The fourth-order valence-electron chi connectivity index (χ4n) is 2.64. The number of halogens is 2. The quantitative estimate of drug-likeness (QED) is 0.930. The van der Waals surface area contributed by atoms with E-state index in [0.29, 0.717) is 6.04 Å². The number of carbonyl (C=O) groups excluding carboxylic acids is 1. The second-order valence-corrected chi connectivity index (χ2v) is 6.27. The van der Waals surface area contributed by atoms with Gasteiger partial charge in [0.2, 0.25) is 0 Å². The van der Waals surface area contributed by atoms with E-state index in [1.165, 1.54) is 6.07 Å². The largest absolute Gasteiger partial charge is 0.347 e. The Morgan fingerprint density at radius 3 is 2.38 bits per heavy atom. The van der Waals surface area contributed by atoms with Gasteiger partial charge in [-0.05, 0) is 51.8 Å². The second kappa shape index (κ2) is 6.10. The lowest BCUT2D eigenvalue weighted by Gasteiger charge is -2.41. The molecular formula is C16H22F2N2O. The summed E-state index contributed by atoms with van der Waals surface area (Å²) in [6.45, 7) is 8.16. The average molecular weight is 296 g/mol. The zero-order chi connectivity index (χ0) is 15.6. The standard InChI is InChI=1S/C16H22F2N2O/c1-11(2)20-8-6-16(3,7-9-20)19-15(21)12-4-5-13(17)14(18)10-12/h4-5,10-11H,6-9H2,1-3H3,(H,19,21). The molecule has 0 radical (unpaired) electrons. The van der Waals surface area contributed by atoms with Gasteiger partial charge in [-0.25, -0.2) is 8.78 Å². The molecular weight excluding hydrogens is 274 g/mol. The van der Waals surface area contributed by atoms with Crippen LogP contribution in [0.3, 0.4) is 0 Å². The number of carbonyl (C=O) groups is 1. The van der Waals surface area contributed by atoms with Crippen LogP contribution in [0.25, 0.3) is 0 Å². The highest BCUT2D eigenvalue weighted by molar-refractivity contribution is 5.94. The molecule has 0 unspecified atom stereocenters. The van der Waals surface area contributed by atoms with E-state index in [2.05, 4.69) is 24.1 Å². The van der Waals surface area contributed by atoms with Crippen LogP contribution >= 0.6 is 0 Å². The molecule has 1 heterocycles. The fraction of sp³-hybridized carbons (Fsp3) is 0.562. The van der Waals surface area contributed by atoms with Crippen molar-refractivity contribution in [1.82, 2.24) is 10.2 Å². The molecule has 1 amide bonds. The van der Waals surface area contributed by atoms with Crippen molar-refractivity contribution in [3.05, 3.63) is 35.4 Å². The van der Waals surface area contributed by atoms with Crippen LogP contribution in [0.15, 0.2) is 18.2 Å². The SMILES string of the molecule is CC(C)N1CCC(C)(NC(=O)c2ccc(F)c(F)c2)CC1. The van der Waals surface area contributed by atoms with E-state index in [1.807, 2.05) is 6.92 Å². The molecule has 1 fully saturated rings. The number of nitrogens with one attached hydrogen (secondary N) is 1. The molecule has 5 heteroatoms. The molecule has 1 N–H and O–H groups in total. The third-order valence-corrected chi connectivity index (χ3v) is 4.23. The summed E-state index contributed by atoms with van der Waals surface area (Å²) in [6, 6.07) is 3.72. The third kappa shape index (κ3) is 3.79. The summed E-state index contributed by atoms with van der Waals surface area (Å²) in [5, 5.41) is 2.96. The number of nitrogens with zero attached hydrogens (tertiary/aromatic N) is 1. The third-order valence-electron chi connectivity index (χ3n) is 4.23. The molecule has 0 spiro atoms. The molecule has 1 aliphatic heterocycles. The summed E-state index contributed by atoms with van der Waals surface area (Å²) in [6.07, 6.45) is 1.70. The Kier molecular flexibility index (Phi) is 4.61. The van der Waals surface area contributed by atoms with Crippen LogP contribution in [0.4, 0.5) is 8.78 Å². The average Bonchev–Trinajstić information content (AvgIpc) is 2.41. The van der Waals surface area contributed by atoms with Crippen molar-refractivity contribution < 1.29 is 13.6 Å². The van der Waals surface area contributed by atoms with Crippen molar-refractivity contribution in [2.45, 2.75) is 45.2 Å². The summed E-state index contributed by atoms with van der Waals surface area (Å²) in [4.78, 5) is 14.5. The van der Waals surface area contributed by atoms with Crippen LogP contribution in [-0.4, -0.2) is 35.5 Å². The lowest BCUT2D eigenvalue weighted by molar-refractivity contribution is 0.0801. The van der Waals surface area contributed by atoms with Crippen LogP contribution in [0.5, 0.6) is 0 Å². The van der Waals surface area contributed by atoms with Gasteiger partial charge in [-0.3, -0.25) is 4.79 Å². The van der Waals surface area contributed by atoms with Crippen molar-refractivity contribution in [2.75, 3.05) is 13.1 Å². The Bertz CT molecular complexity index is 523. The van der Waals surface area contributed by atoms with Gasteiger partial charge in [0, 0.05) is 30.2 Å². The number of piperidine rings is 1. The van der Waals surface area contributed by atoms with Gasteiger partial charge in [0.25, 0.3) is 5.91 Å². The molecule has 0 bridgehead atoms. The van der Waals surface area contributed by atoms with E-state index >= 15 is 0 Å². The van der Waals surface area contributed by atoms with Gasteiger partial charge >= 0.3 is 0 Å². The minimum absolute atomic E-state index is 0.154. The summed E-state index contributed by atoms with van der Waals surface area (Å²) >= 11 is 0. The first-order valence-electron chi connectivity index (χ1n) is 7.32. The van der Waals surface area contributed by atoms with Crippen LogP contribution in [0.1, 0.15) is 44.0 Å². The van der Waals surface area contributed by atoms with E-state index in [4.69, 9.17) is 0 Å². The minimum atomic E-state index is -0.998. The van der Waals surface area contributed by atoms with Crippen LogP contribution in [0, 0.1) is 11.6 Å². The minimum Gasteiger partial charge on any atom is -0.347 e. The van der Waals surface area contributed by atoms with Gasteiger partial charge in [0.1, 0.15) is 0 Å².